The molecule has 2 heterocycles. The van der Waals surface area contributed by atoms with Crippen molar-refractivity contribution >= 4 is 38.6 Å². The number of carbonyl (C=O) groups is 2. The Morgan fingerprint density at radius 2 is 1.74 bits per heavy atom. The Balaban J connectivity index is 1.66. The number of hydrogen-bond acceptors (Lipinski definition) is 5. The van der Waals surface area contributed by atoms with E-state index in [1.807, 2.05) is 74.7 Å². The highest BCUT2D eigenvalue weighted by atomic mass is 32.1. The maximum Gasteiger partial charge on any atom is 0.257 e. The van der Waals surface area contributed by atoms with Crippen LogP contribution in [-0.2, 0) is 5.54 Å². The molecule has 0 saturated heterocycles. The number of aliphatic hydroxyl groups excluding tert-OH is 1. The van der Waals surface area contributed by atoms with E-state index in [9.17, 15) is 14.7 Å². The number of anilines is 1. The van der Waals surface area contributed by atoms with Crippen molar-refractivity contribution in [2.45, 2.75) is 39.3 Å². The number of amides is 2. The van der Waals surface area contributed by atoms with Gasteiger partial charge in [-0.05, 0) is 45.4 Å². The van der Waals surface area contributed by atoms with Crippen LogP contribution in [-0.4, -0.2) is 33.1 Å². The van der Waals surface area contributed by atoms with Gasteiger partial charge in [-0.3, -0.25) is 14.9 Å². The monoisotopic (exact) mass is 476 g/mol. The number of aliphatic hydroxyl groups is 1. The number of hydrogen-bond donors (Lipinski definition) is 3. The Labute approximate surface area is 202 Å². The highest BCUT2D eigenvalue weighted by Gasteiger charge is 2.26. The number of benzene rings is 2. The topological polar surface area (TPSA) is 96.2 Å². The molecule has 0 fully saturated rings. The van der Waals surface area contributed by atoms with E-state index in [0.29, 0.717) is 26.6 Å². The normalized spacial score (nSPS) is 12.5. The number of nitrogens with one attached hydrogen (secondary N) is 2. The maximum absolute atomic E-state index is 13.3. The van der Waals surface area contributed by atoms with Crippen molar-refractivity contribution in [3.63, 3.8) is 0 Å². The van der Waals surface area contributed by atoms with Crippen molar-refractivity contribution in [3.8, 4) is 0 Å². The molecule has 3 N–H and O–H groups in total. The molecule has 1 unspecified atom stereocenters. The molecule has 2 aromatic heterocycles. The van der Waals surface area contributed by atoms with E-state index in [1.54, 1.807) is 18.3 Å². The average molecular weight is 477 g/mol. The number of rotatable bonds is 6. The molecule has 7 nitrogen and oxygen atoms in total. The van der Waals surface area contributed by atoms with Gasteiger partial charge in [0, 0.05) is 17.3 Å². The molecule has 0 aliphatic rings. The van der Waals surface area contributed by atoms with Gasteiger partial charge in [-0.25, -0.2) is 4.98 Å². The minimum absolute atomic E-state index is 0.223. The van der Waals surface area contributed by atoms with E-state index in [1.165, 1.54) is 11.3 Å². The van der Waals surface area contributed by atoms with Crippen LogP contribution in [0.25, 0.3) is 10.3 Å². The fraction of sp³-hybridized carbons (Fsp3) is 0.269. The molecular formula is C26H28N4O3S. The number of aryl methyl sites for hydroxylation is 1. The van der Waals surface area contributed by atoms with E-state index in [0.717, 1.165) is 11.1 Å². The Hall–Kier alpha value is -3.49. The molecule has 4 rings (SSSR count). The molecule has 0 saturated carbocycles. The van der Waals surface area contributed by atoms with Crippen LogP contribution < -0.4 is 10.6 Å². The van der Waals surface area contributed by atoms with Crippen molar-refractivity contribution in [2.24, 2.45) is 0 Å². The summed E-state index contributed by atoms with van der Waals surface area (Å²) in [5.74, 6) is -0.565. The SMILES string of the molecule is Cc1ccc(C(=O)Nc2nc3c(s2)c(C(=O)NC(CO)c2ccccc2)cn3C(C)(C)C)cc1. The van der Waals surface area contributed by atoms with Crippen molar-refractivity contribution in [1.29, 1.82) is 0 Å². The van der Waals surface area contributed by atoms with E-state index < -0.39 is 6.04 Å². The zero-order chi connectivity index (χ0) is 24.5. The van der Waals surface area contributed by atoms with Crippen LogP contribution in [0.3, 0.4) is 0 Å². The zero-order valence-corrected chi connectivity index (χ0v) is 20.4. The average Bonchev–Trinajstić information content (AvgIpc) is 3.36. The van der Waals surface area contributed by atoms with Gasteiger partial charge in [0.25, 0.3) is 11.8 Å². The largest absolute Gasteiger partial charge is 0.394 e. The molecule has 0 aliphatic heterocycles. The molecule has 2 amide bonds. The van der Waals surface area contributed by atoms with Crippen LogP contribution in [0.15, 0.2) is 60.8 Å². The first-order valence-corrected chi connectivity index (χ1v) is 11.9. The molecular weight excluding hydrogens is 448 g/mol. The molecule has 0 spiro atoms. The minimum Gasteiger partial charge on any atom is -0.394 e. The first-order chi connectivity index (χ1) is 16.2. The van der Waals surface area contributed by atoms with Gasteiger partial charge in [-0.1, -0.05) is 59.4 Å². The molecule has 8 heteroatoms. The van der Waals surface area contributed by atoms with E-state index in [4.69, 9.17) is 0 Å². The van der Waals surface area contributed by atoms with E-state index >= 15 is 0 Å². The predicted molar refractivity (Wildman–Crippen MR) is 135 cm³/mol. The summed E-state index contributed by atoms with van der Waals surface area (Å²) in [4.78, 5) is 30.6. The minimum atomic E-state index is -0.532. The number of carbonyl (C=O) groups excluding carboxylic acids is 2. The summed E-state index contributed by atoms with van der Waals surface area (Å²) in [5, 5.41) is 16.1. The van der Waals surface area contributed by atoms with Gasteiger partial charge < -0.3 is 15.0 Å². The fourth-order valence-corrected chi connectivity index (χ4v) is 4.62. The van der Waals surface area contributed by atoms with E-state index in [2.05, 4.69) is 15.6 Å². The van der Waals surface area contributed by atoms with Crippen molar-refractivity contribution in [2.75, 3.05) is 11.9 Å². The molecule has 34 heavy (non-hydrogen) atoms. The highest BCUT2D eigenvalue weighted by molar-refractivity contribution is 7.22. The third-order valence-electron chi connectivity index (χ3n) is 5.53. The summed E-state index contributed by atoms with van der Waals surface area (Å²) in [5.41, 5.74) is 3.17. The van der Waals surface area contributed by atoms with Crippen LogP contribution in [0.4, 0.5) is 5.13 Å². The highest BCUT2D eigenvalue weighted by Crippen LogP contribution is 2.34. The molecule has 0 radical (unpaired) electrons. The third-order valence-corrected chi connectivity index (χ3v) is 6.52. The number of nitrogens with zero attached hydrogens (tertiary/aromatic N) is 2. The second-order valence-electron chi connectivity index (χ2n) is 9.19. The zero-order valence-electron chi connectivity index (χ0n) is 19.6. The summed E-state index contributed by atoms with van der Waals surface area (Å²) in [7, 11) is 0. The Kier molecular flexibility index (Phi) is 6.54. The second-order valence-corrected chi connectivity index (χ2v) is 10.2. The number of thiazole rings is 1. The van der Waals surface area contributed by atoms with Crippen molar-refractivity contribution < 1.29 is 14.7 Å². The van der Waals surface area contributed by atoms with Gasteiger partial charge in [0.05, 0.1) is 22.9 Å². The second kappa shape index (κ2) is 9.40. The van der Waals surface area contributed by atoms with Crippen LogP contribution in [0.5, 0.6) is 0 Å². The first-order valence-electron chi connectivity index (χ1n) is 11.0. The standard InChI is InChI=1S/C26H28N4O3S/c1-16-10-12-18(13-11-16)23(32)29-25-28-22-21(34-25)19(14-30(22)26(2,3)4)24(33)27-20(15-31)17-8-6-5-7-9-17/h5-14,20,31H,15H2,1-4H3,(H,27,33)(H,28,29,32). The van der Waals surface area contributed by atoms with Crippen molar-refractivity contribution in [3.05, 3.63) is 83.0 Å². The Bertz CT molecular complexity index is 1320. The number of fused-ring (bicyclic) bond motifs is 1. The van der Waals surface area contributed by atoms with Gasteiger partial charge in [0.2, 0.25) is 0 Å². The van der Waals surface area contributed by atoms with E-state index in [-0.39, 0.29) is 24.0 Å². The van der Waals surface area contributed by atoms with Gasteiger partial charge in [0.1, 0.15) is 0 Å². The summed E-state index contributed by atoms with van der Waals surface area (Å²) >= 11 is 1.26. The molecule has 4 aromatic rings. The Morgan fingerprint density at radius 3 is 2.35 bits per heavy atom. The van der Waals surface area contributed by atoms with Gasteiger partial charge >= 0.3 is 0 Å². The lowest BCUT2D eigenvalue weighted by Gasteiger charge is -2.21. The summed E-state index contributed by atoms with van der Waals surface area (Å²) in [6.45, 7) is 7.82. The van der Waals surface area contributed by atoms with Crippen LogP contribution in [0.1, 0.15) is 58.7 Å². The lowest BCUT2D eigenvalue weighted by molar-refractivity contribution is 0.0917. The summed E-state index contributed by atoms with van der Waals surface area (Å²) in [6, 6.07) is 16.1. The fourth-order valence-electron chi connectivity index (χ4n) is 3.66. The third kappa shape index (κ3) is 4.88. The maximum atomic E-state index is 13.3. The van der Waals surface area contributed by atoms with Gasteiger partial charge in [-0.15, -0.1) is 0 Å². The first kappa shape index (κ1) is 23.7. The van der Waals surface area contributed by atoms with Crippen LogP contribution in [0.2, 0.25) is 0 Å². The predicted octanol–water partition coefficient (Wildman–Crippen LogP) is 4.88. The van der Waals surface area contributed by atoms with Gasteiger partial charge in [0.15, 0.2) is 10.8 Å². The summed E-state index contributed by atoms with van der Waals surface area (Å²) < 4.78 is 2.61. The molecule has 0 aliphatic carbocycles. The van der Waals surface area contributed by atoms with Gasteiger partial charge in [-0.2, -0.15) is 0 Å². The Morgan fingerprint density at radius 1 is 1.06 bits per heavy atom. The van der Waals surface area contributed by atoms with Crippen LogP contribution >= 0.6 is 11.3 Å². The quantitative estimate of drug-likeness (QED) is 0.370. The lowest BCUT2D eigenvalue weighted by Crippen LogP contribution is -2.30. The number of aromatic nitrogens is 2. The van der Waals surface area contributed by atoms with Crippen molar-refractivity contribution in [1.82, 2.24) is 14.9 Å². The summed E-state index contributed by atoms with van der Waals surface area (Å²) in [6.07, 6.45) is 1.79. The molecule has 2 aromatic carbocycles. The molecule has 176 valence electrons. The molecule has 0 bridgehead atoms. The lowest BCUT2D eigenvalue weighted by atomic mass is 10.1. The van der Waals surface area contributed by atoms with Crippen LogP contribution in [0, 0.1) is 6.92 Å². The smallest absolute Gasteiger partial charge is 0.257 e. The molecule has 1 atom stereocenters.